The number of hydrogen-bond acceptors (Lipinski definition) is 4. The minimum atomic E-state index is 0.589. The molecule has 4 aromatic heterocycles. The van der Waals surface area contributed by atoms with Gasteiger partial charge in [-0.1, -0.05) is 91.0 Å². The molecule has 0 spiro atoms. The maximum absolute atomic E-state index is 5.07. The molecule has 186 valence electrons. The van der Waals surface area contributed by atoms with Gasteiger partial charge in [0.15, 0.2) is 11.6 Å². The number of hydrogen-bond donors (Lipinski definition) is 0. The molecule has 9 aromatic rings. The summed E-state index contributed by atoms with van der Waals surface area (Å²) in [5.74, 6) is 1.87. The molecule has 0 radical (unpaired) electrons. The van der Waals surface area contributed by atoms with Crippen molar-refractivity contribution in [1.29, 1.82) is 0 Å². The first kappa shape index (κ1) is 21.3. The Morgan fingerprint density at radius 3 is 1.73 bits per heavy atom. The lowest BCUT2D eigenvalue weighted by molar-refractivity contribution is 0.953. The van der Waals surface area contributed by atoms with Gasteiger partial charge < -0.3 is 0 Å². The summed E-state index contributed by atoms with van der Waals surface area (Å²) in [6.45, 7) is 0. The molecular weight excluding hydrogens is 492 g/mol. The van der Waals surface area contributed by atoms with Gasteiger partial charge in [0.1, 0.15) is 5.65 Å². The molecular formula is C34H20N6. The van der Waals surface area contributed by atoms with Crippen LogP contribution in [0, 0.1) is 0 Å². The summed E-state index contributed by atoms with van der Waals surface area (Å²) in [7, 11) is 0. The molecule has 0 unspecified atom stereocenters. The van der Waals surface area contributed by atoms with Gasteiger partial charge in [-0.2, -0.15) is 9.97 Å². The van der Waals surface area contributed by atoms with Gasteiger partial charge in [-0.25, -0.2) is 9.97 Å². The third kappa shape index (κ3) is 2.87. The lowest BCUT2D eigenvalue weighted by Crippen LogP contribution is -2.06. The highest BCUT2D eigenvalue weighted by atomic mass is 15.2. The summed E-state index contributed by atoms with van der Waals surface area (Å²) in [6, 6.07) is 41.3. The standard InChI is InChI=1S/C34H20N6/c1-3-11-21(12-4-1)31-36-32(22-13-5-2-6-14-22)38-34(37-31)40-26-18-9-15-23-29(26)30-27(19-10-20-28(30)40)39-25-17-8-7-16-24(25)35-33(23)39/h1-20H. The zero-order chi connectivity index (χ0) is 26.2. The minimum Gasteiger partial charge on any atom is -0.292 e. The SMILES string of the molecule is c1ccc(-c2nc(-c3ccccc3)nc(-n3c4cccc5c4c4c3cccc4n3c4ccccc4nc53)n2)cc1. The predicted molar refractivity (Wildman–Crippen MR) is 160 cm³/mol. The highest BCUT2D eigenvalue weighted by Gasteiger charge is 2.23. The van der Waals surface area contributed by atoms with E-state index in [2.05, 4.69) is 63.6 Å². The van der Waals surface area contributed by atoms with Crippen molar-refractivity contribution < 1.29 is 0 Å². The van der Waals surface area contributed by atoms with Crippen LogP contribution >= 0.6 is 0 Å². The summed E-state index contributed by atoms with van der Waals surface area (Å²) in [4.78, 5) is 20.1. The molecule has 0 saturated carbocycles. The molecule has 0 aliphatic rings. The number of pyridine rings is 1. The Bertz CT molecular complexity index is 2310. The van der Waals surface area contributed by atoms with Crippen molar-refractivity contribution in [2.24, 2.45) is 0 Å². The first-order chi connectivity index (χ1) is 19.8. The fourth-order valence-electron chi connectivity index (χ4n) is 6.03. The first-order valence-corrected chi connectivity index (χ1v) is 13.3. The van der Waals surface area contributed by atoms with Crippen LogP contribution in [0.3, 0.4) is 0 Å². The second kappa shape index (κ2) is 7.94. The Hall–Kier alpha value is -5.62. The Balaban J connectivity index is 1.44. The fourth-order valence-corrected chi connectivity index (χ4v) is 6.03. The van der Waals surface area contributed by atoms with E-state index >= 15 is 0 Å². The van der Waals surface area contributed by atoms with Crippen molar-refractivity contribution in [3.8, 4) is 28.7 Å². The number of rotatable bonds is 3. The largest absolute Gasteiger partial charge is 0.292 e. The van der Waals surface area contributed by atoms with E-state index in [1.807, 2.05) is 66.7 Å². The number of aromatic nitrogens is 6. The maximum atomic E-state index is 5.07. The Labute approximate surface area is 228 Å². The second-order valence-electron chi connectivity index (χ2n) is 9.98. The Morgan fingerprint density at radius 2 is 1.00 bits per heavy atom. The molecule has 0 aliphatic heterocycles. The van der Waals surface area contributed by atoms with Gasteiger partial charge in [0, 0.05) is 27.3 Å². The van der Waals surface area contributed by atoms with E-state index in [0.29, 0.717) is 17.6 Å². The predicted octanol–water partition coefficient (Wildman–Crippen LogP) is 7.69. The molecule has 0 amide bonds. The van der Waals surface area contributed by atoms with Crippen LogP contribution in [0.1, 0.15) is 0 Å². The molecule has 0 saturated heterocycles. The van der Waals surface area contributed by atoms with E-state index in [1.165, 1.54) is 10.8 Å². The molecule has 4 heterocycles. The van der Waals surface area contributed by atoms with Crippen molar-refractivity contribution >= 4 is 49.4 Å². The van der Waals surface area contributed by atoms with E-state index < -0.39 is 0 Å². The zero-order valence-electron chi connectivity index (χ0n) is 21.2. The first-order valence-electron chi connectivity index (χ1n) is 13.3. The van der Waals surface area contributed by atoms with E-state index in [-0.39, 0.29) is 0 Å². The molecule has 0 atom stereocenters. The van der Waals surface area contributed by atoms with Crippen LogP contribution in [0.4, 0.5) is 0 Å². The normalized spacial score (nSPS) is 12.0. The lowest BCUT2D eigenvalue weighted by atomic mass is 10.1. The highest BCUT2D eigenvalue weighted by molar-refractivity contribution is 6.27. The van der Waals surface area contributed by atoms with Gasteiger partial charge in [0.25, 0.3) is 0 Å². The number of benzene rings is 5. The molecule has 0 aliphatic carbocycles. The smallest absolute Gasteiger partial charge is 0.238 e. The van der Waals surface area contributed by atoms with Crippen LogP contribution in [0.5, 0.6) is 0 Å². The van der Waals surface area contributed by atoms with Gasteiger partial charge in [-0.15, -0.1) is 0 Å². The molecule has 6 heteroatoms. The molecule has 9 rings (SSSR count). The highest BCUT2D eigenvalue weighted by Crippen LogP contribution is 2.41. The van der Waals surface area contributed by atoms with Crippen molar-refractivity contribution in [3.05, 3.63) is 121 Å². The number of para-hydroxylation sites is 2. The maximum Gasteiger partial charge on any atom is 0.238 e. The molecule has 6 nitrogen and oxygen atoms in total. The third-order valence-corrected chi connectivity index (χ3v) is 7.72. The molecule has 0 fully saturated rings. The average molecular weight is 513 g/mol. The lowest BCUT2D eigenvalue weighted by Gasteiger charge is -2.10. The molecule has 40 heavy (non-hydrogen) atoms. The second-order valence-corrected chi connectivity index (χ2v) is 9.98. The van der Waals surface area contributed by atoms with Crippen LogP contribution in [0.2, 0.25) is 0 Å². The topological polar surface area (TPSA) is 60.9 Å². The fraction of sp³-hybridized carbons (Fsp3) is 0. The van der Waals surface area contributed by atoms with Gasteiger partial charge in [0.2, 0.25) is 5.95 Å². The van der Waals surface area contributed by atoms with Crippen molar-refractivity contribution in [2.45, 2.75) is 0 Å². The zero-order valence-corrected chi connectivity index (χ0v) is 21.2. The summed E-state index contributed by atoms with van der Waals surface area (Å²) in [6.07, 6.45) is 0. The van der Waals surface area contributed by atoms with Crippen LogP contribution in [-0.2, 0) is 0 Å². The van der Waals surface area contributed by atoms with E-state index in [1.54, 1.807) is 0 Å². The van der Waals surface area contributed by atoms with Crippen LogP contribution in [0.15, 0.2) is 121 Å². The minimum absolute atomic E-state index is 0.589. The number of fused-ring (bicyclic) bond motifs is 5. The average Bonchev–Trinajstić information content (AvgIpc) is 3.59. The monoisotopic (exact) mass is 512 g/mol. The quantitative estimate of drug-likeness (QED) is 0.228. The van der Waals surface area contributed by atoms with Crippen LogP contribution < -0.4 is 0 Å². The summed E-state index contributed by atoms with van der Waals surface area (Å²) in [5, 5.41) is 3.45. The van der Waals surface area contributed by atoms with E-state index in [4.69, 9.17) is 19.9 Å². The summed E-state index contributed by atoms with van der Waals surface area (Å²) >= 11 is 0. The number of nitrogens with zero attached hydrogens (tertiary/aromatic N) is 6. The third-order valence-electron chi connectivity index (χ3n) is 7.72. The Morgan fingerprint density at radius 1 is 0.425 bits per heavy atom. The summed E-state index contributed by atoms with van der Waals surface area (Å²) in [5.41, 5.74) is 8.14. The van der Waals surface area contributed by atoms with Gasteiger partial charge >= 0.3 is 0 Å². The van der Waals surface area contributed by atoms with Crippen molar-refractivity contribution in [3.63, 3.8) is 0 Å². The van der Waals surface area contributed by atoms with Crippen LogP contribution in [-0.4, -0.2) is 28.9 Å². The molecule has 5 aromatic carbocycles. The molecule has 0 bridgehead atoms. The van der Waals surface area contributed by atoms with E-state index in [9.17, 15) is 0 Å². The number of imidazole rings is 1. The van der Waals surface area contributed by atoms with Gasteiger partial charge in [-0.3, -0.25) is 8.97 Å². The van der Waals surface area contributed by atoms with E-state index in [0.717, 1.165) is 49.7 Å². The van der Waals surface area contributed by atoms with Gasteiger partial charge in [-0.05, 0) is 30.3 Å². The van der Waals surface area contributed by atoms with Gasteiger partial charge in [0.05, 0.1) is 27.6 Å². The van der Waals surface area contributed by atoms with Crippen LogP contribution in [0.25, 0.3) is 78.1 Å². The van der Waals surface area contributed by atoms with Crippen molar-refractivity contribution in [1.82, 2.24) is 28.9 Å². The molecule has 0 N–H and O–H groups in total. The summed E-state index contributed by atoms with van der Waals surface area (Å²) < 4.78 is 4.45. The van der Waals surface area contributed by atoms with Crippen molar-refractivity contribution in [2.75, 3.05) is 0 Å². The Kier molecular flexibility index (Phi) is 4.24.